The molecule has 1 aromatic carbocycles. The van der Waals surface area contributed by atoms with Gasteiger partial charge < -0.3 is 14.8 Å². The molecule has 0 aliphatic rings. The van der Waals surface area contributed by atoms with E-state index in [4.69, 9.17) is 9.47 Å². The third-order valence-electron chi connectivity index (χ3n) is 2.73. The predicted molar refractivity (Wildman–Crippen MR) is 82.4 cm³/mol. The highest BCUT2D eigenvalue weighted by molar-refractivity contribution is 9.10. The average Bonchev–Trinajstić information content (AvgIpc) is 2.42. The smallest absolute Gasteiger partial charge is 0.0721 e. The van der Waals surface area contributed by atoms with Gasteiger partial charge in [0.2, 0.25) is 0 Å². The molecular weight excluding hydrogens is 306 g/mol. The van der Waals surface area contributed by atoms with Crippen LogP contribution in [0, 0.1) is 0 Å². The zero-order chi connectivity index (χ0) is 13.9. The van der Waals surface area contributed by atoms with Crippen LogP contribution in [0.5, 0.6) is 0 Å². The van der Waals surface area contributed by atoms with Crippen LogP contribution in [0.1, 0.15) is 25.8 Å². The molecule has 0 saturated carbocycles. The molecule has 1 N–H and O–H groups in total. The van der Waals surface area contributed by atoms with Crippen LogP contribution in [0.25, 0.3) is 0 Å². The Balaban J connectivity index is 2.04. The fourth-order valence-corrected chi connectivity index (χ4v) is 1.89. The Hall–Kier alpha value is -0.420. The number of hydrogen-bond donors (Lipinski definition) is 1. The van der Waals surface area contributed by atoms with Crippen LogP contribution in [-0.2, 0) is 16.1 Å². The quantitative estimate of drug-likeness (QED) is 0.667. The van der Waals surface area contributed by atoms with E-state index in [-0.39, 0.29) is 6.10 Å². The monoisotopic (exact) mass is 329 g/mol. The maximum atomic E-state index is 5.79. The predicted octanol–water partition coefficient (Wildman–Crippen LogP) is 3.37. The number of benzene rings is 1. The summed E-state index contributed by atoms with van der Waals surface area (Å²) in [4.78, 5) is 0. The van der Waals surface area contributed by atoms with Crippen molar-refractivity contribution in [1.29, 1.82) is 0 Å². The van der Waals surface area contributed by atoms with E-state index in [0.29, 0.717) is 6.61 Å². The van der Waals surface area contributed by atoms with Gasteiger partial charge in [-0.3, -0.25) is 0 Å². The molecular formula is C15H24BrNO2. The van der Waals surface area contributed by atoms with E-state index in [2.05, 4.69) is 40.3 Å². The van der Waals surface area contributed by atoms with Gasteiger partial charge in [-0.25, -0.2) is 0 Å². The van der Waals surface area contributed by atoms with E-state index in [0.717, 1.165) is 37.2 Å². The van der Waals surface area contributed by atoms with Crippen molar-refractivity contribution in [1.82, 2.24) is 5.32 Å². The highest BCUT2D eigenvalue weighted by Gasteiger charge is 2.02. The molecule has 0 amide bonds. The third-order valence-corrected chi connectivity index (χ3v) is 3.25. The summed E-state index contributed by atoms with van der Waals surface area (Å²) in [6, 6.07) is 8.23. The van der Waals surface area contributed by atoms with Gasteiger partial charge in [0.1, 0.15) is 0 Å². The average molecular weight is 330 g/mol. The zero-order valence-corrected chi connectivity index (χ0v) is 13.4. The standard InChI is InChI=1S/C15H24BrNO2/c1-3-18-10-4-9-17-11-13(2)19-12-14-5-7-15(16)8-6-14/h5-8,13,17H,3-4,9-12H2,1-2H3. The summed E-state index contributed by atoms with van der Waals surface area (Å²) in [5, 5.41) is 3.38. The summed E-state index contributed by atoms with van der Waals surface area (Å²) >= 11 is 3.42. The number of nitrogens with one attached hydrogen (secondary N) is 1. The number of hydrogen-bond acceptors (Lipinski definition) is 3. The van der Waals surface area contributed by atoms with Crippen LogP contribution in [0.15, 0.2) is 28.7 Å². The molecule has 1 aromatic rings. The molecule has 19 heavy (non-hydrogen) atoms. The second-order valence-corrected chi connectivity index (χ2v) is 5.42. The van der Waals surface area contributed by atoms with Gasteiger partial charge in [-0.05, 0) is 44.5 Å². The molecule has 0 radical (unpaired) electrons. The second kappa shape index (κ2) is 10.4. The topological polar surface area (TPSA) is 30.5 Å². The van der Waals surface area contributed by atoms with E-state index < -0.39 is 0 Å². The maximum absolute atomic E-state index is 5.79. The maximum Gasteiger partial charge on any atom is 0.0721 e. The van der Waals surface area contributed by atoms with Gasteiger partial charge in [0.25, 0.3) is 0 Å². The Morgan fingerprint density at radius 3 is 2.68 bits per heavy atom. The molecule has 0 bridgehead atoms. The Bertz CT molecular complexity index is 329. The fourth-order valence-electron chi connectivity index (χ4n) is 1.63. The minimum Gasteiger partial charge on any atom is -0.382 e. The molecule has 0 aliphatic carbocycles. The molecule has 4 heteroatoms. The lowest BCUT2D eigenvalue weighted by Crippen LogP contribution is -2.28. The Morgan fingerprint density at radius 2 is 2.00 bits per heavy atom. The van der Waals surface area contributed by atoms with Crippen LogP contribution in [0.4, 0.5) is 0 Å². The van der Waals surface area contributed by atoms with Gasteiger partial charge in [-0.2, -0.15) is 0 Å². The first-order chi connectivity index (χ1) is 9.22. The molecule has 0 spiro atoms. The molecule has 0 heterocycles. The third kappa shape index (κ3) is 8.37. The van der Waals surface area contributed by atoms with E-state index >= 15 is 0 Å². The zero-order valence-electron chi connectivity index (χ0n) is 11.8. The normalized spacial score (nSPS) is 12.6. The summed E-state index contributed by atoms with van der Waals surface area (Å²) in [5.41, 5.74) is 1.20. The lowest BCUT2D eigenvalue weighted by atomic mass is 10.2. The molecule has 0 saturated heterocycles. The van der Waals surface area contributed by atoms with Crippen molar-refractivity contribution in [2.45, 2.75) is 33.0 Å². The molecule has 1 rings (SSSR count). The van der Waals surface area contributed by atoms with Gasteiger partial charge in [0.15, 0.2) is 0 Å². The van der Waals surface area contributed by atoms with Gasteiger partial charge in [-0.15, -0.1) is 0 Å². The number of ether oxygens (including phenoxy) is 2. The van der Waals surface area contributed by atoms with Crippen LogP contribution in [0.2, 0.25) is 0 Å². The van der Waals surface area contributed by atoms with Gasteiger partial charge >= 0.3 is 0 Å². The van der Waals surface area contributed by atoms with Crippen LogP contribution < -0.4 is 5.32 Å². The van der Waals surface area contributed by atoms with Crippen molar-refractivity contribution >= 4 is 15.9 Å². The highest BCUT2D eigenvalue weighted by atomic mass is 79.9. The van der Waals surface area contributed by atoms with Crippen LogP contribution in [0.3, 0.4) is 0 Å². The van der Waals surface area contributed by atoms with Crippen LogP contribution in [-0.4, -0.2) is 32.4 Å². The Morgan fingerprint density at radius 1 is 1.26 bits per heavy atom. The second-order valence-electron chi connectivity index (χ2n) is 4.50. The first kappa shape index (κ1) is 16.6. The largest absolute Gasteiger partial charge is 0.382 e. The number of rotatable bonds is 10. The minimum atomic E-state index is 0.218. The van der Waals surface area contributed by atoms with Crippen LogP contribution >= 0.6 is 15.9 Å². The first-order valence-electron chi connectivity index (χ1n) is 6.87. The SMILES string of the molecule is CCOCCCNCC(C)OCc1ccc(Br)cc1. The summed E-state index contributed by atoms with van der Waals surface area (Å²) < 4.78 is 12.2. The summed E-state index contributed by atoms with van der Waals surface area (Å²) in [6.07, 6.45) is 1.27. The summed E-state index contributed by atoms with van der Waals surface area (Å²) in [7, 11) is 0. The Kier molecular flexibility index (Phi) is 9.08. The lowest BCUT2D eigenvalue weighted by molar-refractivity contribution is 0.0527. The number of halogens is 1. The molecule has 0 fully saturated rings. The van der Waals surface area contributed by atoms with E-state index in [1.54, 1.807) is 0 Å². The van der Waals surface area contributed by atoms with Gasteiger partial charge in [0.05, 0.1) is 12.7 Å². The summed E-state index contributed by atoms with van der Waals surface area (Å²) in [6.45, 7) is 8.26. The van der Waals surface area contributed by atoms with Crippen molar-refractivity contribution in [3.05, 3.63) is 34.3 Å². The Labute approximate surface area is 124 Å². The fraction of sp³-hybridized carbons (Fsp3) is 0.600. The van der Waals surface area contributed by atoms with Crippen molar-refractivity contribution in [2.24, 2.45) is 0 Å². The summed E-state index contributed by atoms with van der Waals surface area (Å²) in [5.74, 6) is 0. The minimum absolute atomic E-state index is 0.218. The van der Waals surface area contributed by atoms with Crippen molar-refractivity contribution < 1.29 is 9.47 Å². The van der Waals surface area contributed by atoms with E-state index in [1.807, 2.05) is 19.1 Å². The van der Waals surface area contributed by atoms with Crippen molar-refractivity contribution in [2.75, 3.05) is 26.3 Å². The lowest BCUT2D eigenvalue weighted by Gasteiger charge is -2.14. The van der Waals surface area contributed by atoms with Crippen molar-refractivity contribution in [3.63, 3.8) is 0 Å². The molecule has 108 valence electrons. The van der Waals surface area contributed by atoms with Gasteiger partial charge in [0, 0.05) is 24.2 Å². The molecule has 0 aromatic heterocycles. The molecule has 3 nitrogen and oxygen atoms in total. The molecule has 1 atom stereocenters. The highest BCUT2D eigenvalue weighted by Crippen LogP contribution is 2.11. The van der Waals surface area contributed by atoms with Gasteiger partial charge in [-0.1, -0.05) is 28.1 Å². The van der Waals surface area contributed by atoms with E-state index in [1.165, 1.54) is 5.56 Å². The van der Waals surface area contributed by atoms with E-state index in [9.17, 15) is 0 Å². The molecule has 0 aliphatic heterocycles. The van der Waals surface area contributed by atoms with Crippen molar-refractivity contribution in [3.8, 4) is 0 Å². The molecule has 1 unspecified atom stereocenters. The first-order valence-corrected chi connectivity index (χ1v) is 7.66.